The van der Waals surface area contributed by atoms with Gasteiger partial charge in [0.15, 0.2) is 0 Å². The summed E-state index contributed by atoms with van der Waals surface area (Å²) in [7, 11) is 4.56. The van der Waals surface area contributed by atoms with Crippen LogP contribution in [0.4, 0.5) is 0 Å². The summed E-state index contributed by atoms with van der Waals surface area (Å²) < 4.78 is 5.19. The van der Waals surface area contributed by atoms with E-state index in [-0.39, 0.29) is 0 Å². The molecule has 1 atom stereocenters. The molecule has 3 heteroatoms. The molecule has 0 bridgehead atoms. The fourth-order valence-electron chi connectivity index (χ4n) is 1.74. The van der Waals surface area contributed by atoms with Crippen LogP contribution in [0.15, 0.2) is 54.6 Å². The number of aryl methyl sites for hydroxylation is 1. The van der Waals surface area contributed by atoms with E-state index < -0.39 is 8.15 Å². The summed E-state index contributed by atoms with van der Waals surface area (Å²) in [6, 6.07) is 18.5. The average Bonchev–Trinajstić information content (AvgIpc) is 2.41. The molecule has 2 aromatic rings. The van der Waals surface area contributed by atoms with Gasteiger partial charge in [0.2, 0.25) is 0 Å². The van der Waals surface area contributed by atoms with Gasteiger partial charge in [0.25, 0.3) is 8.05 Å². The summed E-state index contributed by atoms with van der Waals surface area (Å²) in [6.45, 7) is 2.15. The SMILES string of the molecule is [B]O[P@](c1ccccc1)c1cccc(CC)c1. The van der Waals surface area contributed by atoms with Crippen molar-refractivity contribution in [2.75, 3.05) is 0 Å². The van der Waals surface area contributed by atoms with E-state index in [1.807, 2.05) is 18.2 Å². The second kappa shape index (κ2) is 6.00. The largest absolute Gasteiger partial charge is 0.421 e. The number of hydrogen-bond acceptors (Lipinski definition) is 1. The predicted octanol–water partition coefficient (Wildman–Crippen LogP) is 2.70. The van der Waals surface area contributed by atoms with E-state index >= 15 is 0 Å². The van der Waals surface area contributed by atoms with E-state index in [1.54, 1.807) is 0 Å². The molecule has 0 fully saturated rings. The molecule has 0 saturated carbocycles. The Balaban J connectivity index is 2.35. The van der Waals surface area contributed by atoms with Crippen LogP contribution >= 0.6 is 8.15 Å². The summed E-state index contributed by atoms with van der Waals surface area (Å²) in [5, 5.41) is 2.30. The molecule has 2 aromatic carbocycles. The highest BCUT2D eigenvalue weighted by Gasteiger charge is 2.12. The Bertz CT molecular complexity index is 473. The lowest BCUT2D eigenvalue weighted by molar-refractivity contribution is 0.705. The minimum atomic E-state index is -0.893. The van der Waals surface area contributed by atoms with Crippen molar-refractivity contribution in [2.24, 2.45) is 0 Å². The molecule has 0 unspecified atom stereocenters. The van der Waals surface area contributed by atoms with Gasteiger partial charge in [-0.25, -0.2) is 0 Å². The molecule has 0 spiro atoms. The maximum absolute atomic E-state index is 5.46. The third kappa shape index (κ3) is 2.97. The lowest BCUT2D eigenvalue weighted by Crippen LogP contribution is -2.13. The van der Waals surface area contributed by atoms with Gasteiger partial charge < -0.3 is 4.44 Å². The van der Waals surface area contributed by atoms with Crippen LogP contribution in [0, 0.1) is 0 Å². The first-order chi connectivity index (χ1) is 8.35. The number of benzene rings is 2. The minimum absolute atomic E-state index is 0.893. The van der Waals surface area contributed by atoms with Crippen molar-refractivity contribution in [3.8, 4) is 0 Å². The van der Waals surface area contributed by atoms with Crippen LogP contribution in [0.5, 0.6) is 0 Å². The van der Waals surface area contributed by atoms with Crippen LogP contribution in [-0.2, 0) is 10.9 Å². The summed E-state index contributed by atoms with van der Waals surface area (Å²) >= 11 is 0. The average molecular weight is 240 g/mol. The summed E-state index contributed by atoms with van der Waals surface area (Å²) in [5.74, 6) is 0. The van der Waals surface area contributed by atoms with E-state index in [9.17, 15) is 0 Å². The Morgan fingerprint density at radius 1 is 1.00 bits per heavy atom. The van der Waals surface area contributed by atoms with Crippen molar-refractivity contribution >= 4 is 26.8 Å². The lowest BCUT2D eigenvalue weighted by atomic mass is 10.2. The molecule has 0 aliphatic heterocycles. The van der Waals surface area contributed by atoms with Gasteiger partial charge in [0.05, 0.1) is 8.15 Å². The highest BCUT2D eigenvalue weighted by Crippen LogP contribution is 2.33. The van der Waals surface area contributed by atoms with E-state index in [0.29, 0.717) is 0 Å². The van der Waals surface area contributed by atoms with Gasteiger partial charge in [0.1, 0.15) is 0 Å². The monoisotopic (exact) mass is 240 g/mol. The fraction of sp³-hybridized carbons (Fsp3) is 0.143. The normalized spacial score (nSPS) is 12.3. The zero-order valence-electron chi connectivity index (χ0n) is 9.84. The molecule has 2 radical (unpaired) electrons. The predicted molar refractivity (Wildman–Crippen MR) is 75.3 cm³/mol. The van der Waals surface area contributed by atoms with Gasteiger partial charge in [-0.3, -0.25) is 0 Å². The summed E-state index contributed by atoms with van der Waals surface area (Å²) in [6.07, 6.45) is 1.02. The van der Waals surface area contributed by atoms with Crippen molar-refractivity contribution in [3.63, 3.8) is 0 Å². The van der Waals surface area contributed by atoms with Crippen LogP contribution in [0.2, 0.25) is 0 Å². The van der Waals surface area contributed by atoms with E-state index in [4.69, 9.17) is 12.5 Å². The Kier molecular flexibility index (Phi) is 4.36. The maximum Gasteiger partial charge on any atom is 0.289 e. The zero-order valence-corrected chi connectivity index (χ0v) is 10.7. The topological polar surface area (TPSA) is 9.23 Å². The van der Waals surface area contributed by atoms with Crippen LogP contribution < -0.4 is 10.6 Å². The van der Waals surface area contributed by atoms with Crippen LogP contribution in [-0.4, -0.2) is 8.05 Å². The Morgan fingerprint density at radius 2 is 1.71 bits per heavy atom. The standard InChI is InChI=1S/C14H14BOP/c1-2-12-7-6-10-14(11-12)17(16-15)13-8-4-3-5-9-13/h3-11H,2H2,1H3/t17-/m1/s1. The quantitative estimate of drug-likeness (QED) is 0.589. The molecule has 0 amide bonds. The second-order valence-corrected chi connectivity index (χ2v) is 5.59. The lowest BCUT2D eigenvalue weighted by Gasteiger charge is -2.17. The smallest absolute Gasteiger partial charge is 0.289 e. The minimum Gasteiger partial charge on any atom is -0.421 e. The van der Waals surface area contributed by atoms with Crippen molar-refractivity contribution in [1.29, 1.82) is 0 Å². The summed E-state index contributed by atoms with van der Waals surface area (Å²) in [5.41, 5.74) is 1.31. The van der Waals surface area contributed by atoms with Gasteiger partial charge >= 0.3 is 0 Å². The van der Waals surface area contributed by atoms with Gasteiger partial charge in [0, 0.05) is 10.6 Å². The Hall–Kier alpha value is -1.11. The molecule has 0 N–H and O–H groups in total. The first-order valence-corrected chi connectivity index (χ1v) is 6.92. The van der Waals surface area contributed by atoms with Gasteiger partial charge in [-0.2, -0.15) is 0 Å². The van der Waals surface area contributed by atoms with Crippen LogP contribution in [0.1, 0.15) is 12.5 Å². The zero-order chi connectivity index (χ0) is 12.1. The second-order valence-electron chi connectivity index (χ2n) is 3.76. The first kappa shape index (κ1) is 12.4. The highest BCUT2D eigenvalue weighted by atomic mass is 31.1. The number of hydrogen-bond donors (Lipinski definition) is 0. The van der Waals surface area contributed by atoms with E-state index in [2.05, 4.69) is 43.3 Å². The Labute approximate surface area is 105 Å². The number of rotatable bonds is 4. The molecule has 17 heavy (non-hydrogen) atoms. The molecular formula is C14H14BOP. The molecule has 0 aromatic heterocycles. The van der Waals surface area contributed by atoms with E-state index in [1.165, 1.54) is 5.56 Å². The third-order valence-corrected chi connectivity index (χ3v) is 4.37. The highest BCUT2D eigenvalue weighted by molar-refractivity contribution is 7.69. The van der Waals surface area contributed by atoms with Crippen LogP contribution in [0.3, 0.4) is 0 Å². The van der Waals surface area contributed by atoms with Crippen molar-refractivity contribution in [2.45, 2.75) is 13.3 Å². The fourth-order valence-corrected chi connectivity index (χ4v) is 3.23. The molecule has 0 heterocycles. The Morgan fingerprint density at radius 3 is 2.35 bits per heavy atom. The van der Waals surface area contributed by atoms with Crippen molar-refractivity contribution < 1.29 is 4.44 Å². The van der Waals surface area contributed by atoms with Crippen molar-refractivity contribution in [3.05, 3.63) is 60.2 Å². The first-order valence-electron chi connectivity index (χ1n) is 5.66. The van der Waals surface area contributed by atoms with Crippen molar-refractivity contribution in [1.82, 2.24) is 0 Å². The molecular weight excluding hydrogens is 226 g/mol. The molecule has 2 rings (SSSR count). The molecule has 84 valence electrons. The summed E-state index contributed by atoms with van der Waals surface area (Å²) in [4.78, 5) is 0. The van der Waals surface area contributed by atoms with E-state index in [0.717, 1.165) is 17.0 Å². The molecule has 0 aliphatic rings. The molecule has 1 nitrogen and oxygen atoms in total. The van der Waals surface area contributed by atoms with Crippen LogP contribution in [0.25, 0.3) is 0 Å². The third-order valence-electron chi connectivity index (χ3n) is 2.65. The maximum atomic E-state index is 5.46. The molecule has 0 aliphatic carbocycles. The van der Waals surface area contributed by atoms with Gasteiger partial charge in [-0.1, -0.05) is 55.5 Å². The van der Waals surface area contributed by atoms with Gasteiger partial charge in [-0.05, 0) is 18.1 Å². The molecule has 0 saturated heterocycles. The van der Waals surface area contributed by atoms with Gasteiger partial charge in [-0.15, -0.1) is 0 Å².